The maximum Gasteiger partial charge on any atom is 0.204 e. The molecule has 1 unspecified atom stereocenters. The molecule has 0 aliphatic carbocycles. The van der Waals surface area contributed by atoms with E-state index < -0.39 is 0 Å². The van der Waals surface area contributed by atoms with E-state index in [0.717, 1.165) is 48.9 Å². The van der Waals surface area contributed by atoms with E-state index in [2.05, 4.69) is 26.0 Å². The minimum atomic E-state index is 0.374. The molecule has 100 valence electrons. The zero-order valence-electron chi connectivity index (χ0n) is 11.5. The number of hydrogen-bond acceptors (Lipinski definition) is 3. The highest BCUT2D eigenvalue weighted by molar-refractivity contribution is 6.00. The van der Waals surface area contributed by atoms with Crippen LogP contribution in [0.2, 0.25) is 0 Å². The second kappa shape index (κ2) is 6.36. The lowest BCUT2D eigenvalue weighted by Crippen LogP contribution is -2.04. The quantitative estimate of drug-likeness (QED) is 0.423. The Morgan fingerprint density at radius 3 is 2.78 bits per heavy atom. The van der Waals surface area contributed by atoms with Crippen molar-refractivity contribution in [2.24, 2.45) is 0 Å². The zero-order valence-corrected chi connectivity index (χ0v) is 13.5. The molecule has 0 amide bonds. The Kier molecular flexibility index (Phi) is 4.80. The van der Waals surface area contributed by atoms with Crippen LogP contribution in [-0.4, -0.2) is 36.4 Å². The molecule has 1 aliphatic rings. The van der Waals surface area contributed by atoms with Crippen molar-refractivity contribution in [2.45, 2.75) is 32.8 Å². The lowest BCUT2D eigenvalue weighted by Gasteiger charge is -2.13. The highest BCUT2D eigenvalue weighted by Gasteiger charge is 2.21. The molecule has 4 heteroatoms. The summed E-state index contributed by atoms with van der Waals surface area (Å²) in [5, 5.41) is 0. The maximum absolute atomic E-state index is 5.55. The van der Waals surface area contributed by atoms with Gasteiger partial charge in [0.15, 0.2) is 0 Å². The molecule has 0 radical (unpaired) electrons. The molecule has 0 saturated carbocycles. The largest absolute Gasteiger partial charge is 0.553 e. The Balaban J connectivity index is 1.79. The minimum absolute atomic E-state index is 0.374. The van der Waals surface area contributed by atoms with E-state index in [4.69, 9.17) is 13.9 Å². The van der Waals surface area contributed by atoms with Gasteiger partial charge in [-0.1, -0.05) is 6.07 Å². The van der Waals surface area contributed by atoms with Gasteiger partial charge in [0, 0.05) is 6.61 Å². The molecule has 0 bridgehead atoms. The van der Waals surface area contributed by atoms with Crippen molar-refractivity contribution in [1.29, 1.82) is 0 Å². The fourth-order valence-corrected chi connectivity index (χ4v) is 2.53. The first kappa shape index (κ1) is 13.6. The first-order valence-corrected chi connectivity index (χ1v) is 7.36. The predicted molar refractivity (Wildman–Crippen MR) is 75.4 cm³/mol. The highest BCUT2D eigenvalue weighted by atomic mass is 28.2. The lowest BCUT2D eigenvalue weighted by atomic mass is 9.99. The summed E-state index contributed by atoms with van der Waals surface area (Å²) in [4.78, 5) is 0. The van der Waals surface area contributed by atoms with Crippen molar-refractivity contribution in [3.05, 3.63) is 28.8 Å². The molecule has 1 aromatic rings. The van der Waals surface area contributed by atoms with E-state index in [1.165, 1.54) is 16.7 Å². The summed E-state index contributed by atoms with van der Waals surface area (Å²) in [5.41, 5.74) is 4.03. The van der Waals surface area contributed by atoms with Crippen LogP contribution in [0.4, 0.5) is 0 Å². The van der Waals surface area contributed by atoms with Gasteiger partial charge < -0.3 is 13.9 Å². The van der Waals surface area contributed by atoms with Crippen molar-refractivity contribution in [2.75, 3.05) is 19.8 Å². The highest BCUT2D eigenvalue weighted by Crippen LogP contribution is 2.24. The van der Waals surface area contributed by atoms with E-state index in [1.807, 2.05) is 0 Å². The van der Waals surface area contributed by atoms with Gasteiger partial charge >= 0.3 is 0 Å². The van der Waals surface area contributed by atoms with Gasteiger partial charge in [-0.2, -0.15) is 0 Å². The van der Waals surface area contributed by atoms with E-state index in [1.54, 1.807) is 0 Å². The molecule has 3 nitrogen and oxygen atoms in total. The Bertz CT molecular complexity index is 402. The third-order valence-electron chi connectivity index (χ3n) is 3.51. The van der Waals surface area contributed by atoms with Gasteiger partial charge in [0.1, 0.15) is 11.9 Å². The predicted octanol–water partition coefficient (Wildman–Crippen LogP) is 1.31. The average Bonchev–Trinajstić information content (AvgIpc) is 3.18. The summed E-state index contributed by atoms with van der Waals surface area (Å²) >= 11 is 0. The van der Waals surface area contributed by atoms with Crippen molar-refractivity contribution in [3.8, 4) is 5.75 Å². The number of benzene rings is 1. The topological polar surface area (TPSA) is 31.0 Å². The second-order valence-corrected chi connectivity index (χ2v) is 5.22. The standard InChI is InChI=1S/C14H22O3Si/c1-10-11(2)14(17-18)6-5-12(10)4-3-7-15-8-13-9-16-13/h5-6,13H,3-4,7-9H2,1-2,18H3. The molecule has 1 heterocycles. The SMILES string of the molecule is Cc1c(CCCOCC2CO2)ccc(O[SiH3])c1C. The summed E-state index contributed by atoms with van der Waals surface area (Å²) in [6.45, 7) is 6.75. The Morgan fingerprint density at radius 1 is 1.33 bits per heavy atom. The fourth-order valence-electron chi connectivity index (χ4n) is 2.09. The van der Waals surface area contributed by atoms with Crippen LogP contribution >= 0.6 is 0 Å². The number of hydrogen-bond donors (Lipinski definition) is 0. The van der Waals surface area contributed by atoms with Crippen LogP contribution in [0.15, 0.2) is 12.1 Å². The summed E-state index contributed by atoms with van der Waals surface area (Å²) < 4.78 is 16.1. The van der Waals surface area contributed by atoms with Crippen LogP contribution in [0.3, 0.4) is 0 Å². The molecule has 18 heavy (non-hydrogen) atoms. The lowest BCUT2D eigenvalue weighted by molar-refractivity contribution is 0.114. The summed E-state index contributed by atoms with van der Waals surface area (Å²) in [5.74, 6) is 1.03. The normalized spacial score (nSPS) is 18.0. The Labute approximate surface area is 112 Å². The molecule has 2 rings (SSSR count). The molecule has 0 N–H and O–H groups in total. The smallest absolute Gasteiger partial charge is 0.204 e. The Morgan fingerprint density at radius 2 is 2.11 bits per heavy atom. The van der Waals surface area contributed by atoms with Crippen LogP contribution in [-0.2, 0) is 15.9 Å². The van der Waals surface area contributed by atoms with Crippen molar-refractivity contribution < 1.29 is 13.9 Å². The van der Waals surface area contributed by atoms with Crippen LogP contribution in [0, 0.1) is 13.8 Å². The van der Waals surface area contributed by atoms with Crippen molar-refractivity contribution in [1.82, 2.24) is 0 Å². The molecule has 0 spiro atoms. The molecule has 0 aromatic heterocycles. The van der Waals surface area contributed by atoms with Crippen molar-refractivity contribution in [3.63, 3.8) is 0 Å². The maximum atomic E-state index is 5.55. The number of ether oxygens (including phenoxy) is 2. The molecular weight excluding hydrogens is 244 g/mol. The first-order chi connectivity index (χ1) is 8.72. The van der Waals surface area contributed by atoms with E-state index >= 15 is 0 Å². The van der Waals surface area contributed by atoms with E-state index in [0.29, 0.717) is 6.10 Å². The van der Waals surface area contributed by atoms with Gasteiger partial charge in [0.25, 0.3) is 0 Å². The molecule has 1 saturated heterocycles. The monoisotopic (exact) mass is 266 g/mol. The second-order valence-electron chi connectivity index (χ2n) is 4.81. The first-order valence-electron chi connectivity index (χ1n) is 6.54. The molecule has 1 fully saturated rings. The zero-order chi connectivity index (χ0) is 13.0. The third-order valence-corrected chi connectivity index (χ3v) is 3.95. The van der Waals surface area contributed by atoms with Gasteiger partial charge in [-0.15, -0.1) is 0 Å². The number of aryl methyl sites for hydroxylation is 1. The van der Waals surface area contributed by atoms with Gasteiger partial charge in [-0.05, 0) is 49.4 Å². The fraction of sp³-hybridized carbons (Fsp3) is 0.571. The summed E-state index contributed by atoms with van der Waals surface area (Å²) in [6, 6.07) is 4.27. The van der Waals surface area contributed by atoms with E-state index in [-0.39, 0.29) is 0 Å². The van der Waals surface area contributed by atoms with Gasteiger partial charge in [0.05, 0.1) is 13.2 Å². The molecule has 1 aromatic carbocycles. The van der Waals surface area contributed by atoms with Gasteiger partial charge in [-0.25, -0.2) is 0 Å². The van der Waals surface area contributed by atoms with Gasteiger partial charge in [-0.3, -0.25) is 0 Å². The van der Waals surface area contributed by atoms with Crippen LogP contribution in [0.25, 0.3) is 0 Å². The van der Waals surface area contributed by atoms with Crippen LogP contribution < -0.4 is 4.43 Å². The van der Waals surface area contributed by atoms with Crippen molar-refractivity contribution >= 4 is 10.5 Å². The van der Waals surface area contributed by atoms with Crippen LogP contribution in [0.5, 0.6) is 5.75 Å². The molecular formula is C14H22O3Si. The number of rotatable bonds is 7. The molecule has 1 atom stereocenters. The third kappa shape index (κ3) is 3.57. The summed E-state index contributed by atoms with van der Waals surface area (Å²) in [6.07, 6.45) is 2.51. The average molecular weight is 266 g/mol. The Hall–Kier alpha value is -0.843. The van der Waals surface area contributed by atoms with Crippen LogP contribution in [0.1, 0.15) is 23.1 Å². The van der Waals surface area contributed by atoms with E-state index in [9.17, 15) is 0 Å². The number of epoxide rings is 1. The molecule has 1 aliphatic heterocycles. The minimum Gasteiger partial charge on any atom is -0.553 e. The summed E-state index contributed by atoms with van der Waals surface area (Å²) in [7, 11) is 0.747. The van der Waals surface area contributed by atoms with Gasteiger partial charge in [0.2, 0.25) is 10.5 Å².